The van der Waals surface area contributed by atoms with Gasteiger partial charge in [0.2, 0.25) is 0 Å². The maximum atomic E-state index is 12.8. The molecule has 0 aromatic heterocycles. The van der Waals surface area contributed by atoms with Crippen molar-refractivity contribution in [3.63, 3.8) is 0 Å². The fraction of sp³-hybridized carbons (Fsp3) is 0.167. The van der Waals surface area contributed by atoms with Crippen LogP contribution in [-0.2, 0) is 6.42 Å². The molecule has 0 fully saturated rings. The number of hydrogen-bond donors (Lipinski definition) is 2. The first-order valence-corrected chi connectivity index (χ1v) is 9.85. The number of primary amides is 1. The van der Waals surface area contributed by atoms with Crippen LogP contribution >= 0.6 is 0 Å². The number of para-hydroxylation sites is 1. The van der Waals surface area contributed by atoms with Gasteiger partial charge in [-0.2, -0.15) is 0 Å². The lowest BCUT2D eigenvalue weighted by Gasteiger charge is -2.35. The molecular weight excluding hydrogens is 378 g/mol. The van der Waals surface area contributed by atoms with Gasteiger partial charge in [0.15, 0.2) is 0 Å². The van der Waals surface area contributed by atoms with E-state index in [9.17, 15) is 9.59 Å². The zero-order chi connectivity index (χ0) is 21.1. The van der Waals surface area contributed by atoms with Gasteiger partial charge >= 0.3 is 6.03 Å². The van der Waals surface area contributed by atoms with Gasteiger partial charge in [-0.05, 0) is 60.9 Å². The van der Waals surface area contributed by atoms with E-state index in [4.69, 9.17) is 10.5 Å². The Hall–Kier alpha value is -3.80. The second-order valence-corrected chi connectivity index (χ2v) is 7.24. The minimum Gasteiger partial charge on any atom is -0.457 e. The largest absolute Gasteiger partial charge is 0.457 e. The second-order valence-electron chi connectivity index (χ2n) is 7.24. The first-order chi connectivity index (χ1) is 14.5. The zero-order valence-electron chi connectivity index (χ0n) is 16.7. The van der Waals surface area contributed by atoms with Gasteiger partial charge in [0.05, 0.1) is 11.6 Å². The van der Waals surface area contributed by atoms with Crippen LogP contribution in [0.4, 0.5) is 10.5 Å². The summed E-state index contributed by atoms with van der Waals surface area (Å²) < 4.78 is 5.78. The van der Waals surface area contributed by atoms with Gasteiger partial charge < -0.3 is 20.7 Å². The summed E-state index contributed by atoms with van der Waals surface area (Å²) in [5.41, 5.74) is 8.86. The second kappa shape index (κ2) is 8.29. The highest BCUT2D eigenvalue weighted by molar-refractivity contribution is 5.95. The van der Waals surface area contributed by atoms with Crippen LogP contribution in [0.3, 0.4) is 0 Å². The number of nitrogens with zero attached hydrogens (tertiary/aromatic N) is 1. The third-order valence-corrected chi connectivity index (χ3v) is 5.34. The molecule has 6 heteroatoms. The summed E-state index contributed by atoms with van der Waals surface area (Å²) in [6, 6.07) is 21.9. The summed E-state index contributed by atoms with van der Waals surface area (Å²) >= 11 is 0. The number of anilines is 1. The van der Waals surface area contributed by atoms with Gasteiger partial charge in [0.25, 0.3) is 5.91 Å². The summed E-state index contributed by atoms with van der Waals surface area (Å²) in [6.45, 7) is 2.72. The van der Waals surface area contributed by atoms with E-state index in [1.165, 1.54) is 11.1 Å². The Morgan fingerprint density at radius 3 is 2.47 bits per heavy atom. The monoisotopic (exact) mass is 401 g/mol. The first kappa shape index (κ1) is 19.5. The third kappa shape index (κ3) is 3.98. The molecule has 1 atom stereocenters. The lowest BCUT2D eigenvalue weighted by molar-refractivity contribution is 0.0998. The molecule has 0 spiro atoms. The van der Waals surface area contributed by atoms with Gasteiger partial charge in [-0.3, -0.25) is 4.79 Å². The Morgan fingerprint density at radius 2 is 1.70 bits per heavy atom. The summed E-state index contributed by atoms with van der Waals surface area (Å²) in [4.78, 5) is 26.2. The predicted molar refractivity (Wildman–Crippen MR) is 116 cm³/mol. The standard InChI is InChI=1S/C24H23N3O3/c1-16-20-7-3-2-6-17(20)14-15-27(16)24(29)26-18-10-12-19(13-11-18)30-22-9-5-4-8-21(22)23(25)28/h2-13,16H,14-15H2,1H3,(H2,25,28)(H,26,29). The van der Waals surface area contributed by atoms with Crippen molar-refractivity contribution < 1.29 is 14.3 Å². The molecule has 0 bridgehead atoms. The maximum absolute atomic E-state index is 12.8. The SMILES string of the molecule is CC1c2ccccc2CCN1C(=O)Nc1ccc(Oc2ccccc2C(N)=O)cc1. The predicted octanol–water partition coefficient (Wildman–Crippen LogP) is 4.73. The number of carbonyl (C=O) groups is 2. The summed E-state index contributed by atoms with van der Waals surface area (Å²) in [7, 11) is 0. The number of ether oxygens (including phenoxy) is 1. The molecule has 30 heavy (non-hydrogen) atoms. The molecule has 6 nitrogen and oxygen atoms in total. The van der Waals surface area contributed by atoms with Gasteiger partial charge in [0, 0.05) is 12.2 Å². The molecule has 0 saturated heterocycles. The fourth-order valence-corrected chi connectivity index (χ4v) is 3.74. The summed E-state index contributed by atoms with van der Waals surface area (Å²) in [6.07, 6.45) is 0.847. The zero-order valence-corrected chi connectivity index (χ0v) is 16.7. The number of rotatable bonds is 4. The molecule has 3 aromatic carbocycles. The lowest BCUT2D eigenvalue weighted by atomic mass is 9.94. The average molecular weight is 401 g/mol. The van der Waals surface area contributed by atoms with Crippen LogP contribution < -0.4 is 15.8 Å². The first-order valence-electron chi connectivity index (χ1n) is 9.85. The van der Waals surface area contributed by atoms with Crippen LogP contribution in [-0.4, -0.2) is 23.4 Å². The quantitative estimate of drug-likeness (QED) is 0.663. The Balaban J connectivity index is 1.43. The van der Waals surface area contributed by atoms with E-state index in [2.05, 4.69) is 17.4 Å². The van der Waals surface area contributed by atoms with Crippen molar-refractivity contribution >= 4 is 17.6 Å². The van der Waals surface area contributed by atoms with Crippen LogP contribution in [0.5, 0.6) is 11.5 Å². The average Bonchev–Trinajstić information content (AvgIpc) is 2.76. The molecule has 1 aliphatic rings. The van der Waals surface area contributed by atoms with E-state index in [1.807, 2.05) is 24.0 Å². The van der Waals surface area contributed by atoms with Crippen molar-refractivity contribution in [2.75, 3.05) is 11.9 Å². The lowest BCUT2D eigenvalue weighted by Crippen LogP contribution is -2.41. The van der Waals surface area contributed by atoms with Crippen molar-refractivity contribution in [3.8, 4) is 11.5 Å². The molecule has 3 aromatic rings. The Kier molecular flexibility index (Phi) is 5.39. The summed E-state index contributed by atoms with van der Waals surface area (Å²) in [5, 5.41) is 2.95. The number of benzene rings is 3. The topological polar surface area (TPSA) is 84.7 Å². The van der Waals surface area contributed by atoms with E-state index in [0.717, 1.165) is 6.42 Å². The number of nitrogens with one attached hydrogen (secondary N) is 1. The minimum atomic E-state index is -0.549. The number of urea groups is 1. The molecule has 0 radical (unpaired) electrons. The minimum absolute atomic E-state index is 0.0165. The molecular formula is C24H23N3O3. The smallest absolute Gasteiger partial charge is 0.322 e. The van der Waals surface area contributed by atoms with E-state index >= 15 is 0 Å². The van der Waals surface area contributed by atoms with Crippen molar-refractivity contribution in [3.05, 3.63) is 89.5 Å². The van der Waals surface area contributed by atoms with Gasteiger partial charge in [-0.25, -0.2) is 4.79 Å². The van der Waals surface area contributed by atoms with Crippen molar-refractivity contribution in [1.82, 2.24) is 4.90 Å². The molecule has 1 aliphatic heterocycles. The Labute approximate surface area is 175 Å². The van der Waals surface area contributed by atoms with Crippen molar-refractivity contribution in [1.29, 1.82) is 0 Å². The van der Waals surface area contributed by atoms with Crippen LogP contribution in [0.2, 0.25) is 0 Å². The highest BCUT2D eigenvalue weighted by Gasteiger charge is 2.27. The molecule has 4 rings (SSSR count). The molecule has 1 unspecified atom stereocenters. The Morgan fingerprint density at radius 1 is 1.00 bits per heavy atom. The molecule has 1 heterocycles. The van der Waals surface area contributed by atoms with Crippen LogP contribution in [0.15, 0.2) is 72.8 Å². The number of hydrogen-bond acceptors (Lipinski definition) is 3. The number of fused-ring (bicyclic) bond motifs is 1. The van der Waals surface area contributed by atoms with Crippen molar-refractivity contribution in [2.24, 2.45) is 5.73 Å². The van der Waals surface area contributed by atoms with E-state index in [0.29, 0.717) is 29.3 Å². The highest BCUT2D eigenvalue weighted by atomic mass is 16.5. The van der Waals surface area contributed by atoms with E-state index < -0.39 is 5.91 Å². The van der Waals surface area contributed by atoms with Crippen molar-refractivity contribution in [2.45, 2.75) is 19.4 Å². The van der Waals surface area contributed by atoms with E-state index in [-0.39, 0.29) is 12.1 Å². The fourth-order valence-electron chi connectivity index (χ4n) is 3.74. The normalized spacial score (nSPS) is 15.2. The number of carbonyl (C=O) groups excluding carboxylic acids is 2. The highest BCUT2D eigenvalue weighted by Crippen LogP contribution is 2.30. The number of amides is 3. The van der Waals surface area contributed by atoms with Gasteiger partial charge in [-0.1, -0.05) is 36.4 Å². The maximum Gasteiger partial charge on any atom is 0.322 e. The van der Waals surface area contributed by atoms with Crippen LogP contribution in [0.1, 0.15) is 34.5 Å². The van der Waals surface area contributed by atoms with Crippen LogP contribution in [0, 0.1) is 0 Å². The van der Waals surface area contributed by atoms with E-state index in [1.54, 1.807) is 48.5 Å². The number of nitrogens with two attached hydrogens (primary N) is 1. The van der Waals surface area contributed by atoms with Crippen LogP contribution in [0.25, 0.3) is 0 Å². The molecule has 3 amide bonds. The molecule has 152 valence electrons. The molecule has 0 aliphatic carbocycles. The third-order valence-electron chi connectivity index (χ3n) is 5.34. The van der Waals surface area contributed by atoms with Gasteiger partial charge in [0.1, 0.15) is 11.5 Å². The molecule has 0 saturated carbocycles. The molecule has 3 N–H and O–H groups in total. The Bertz CT molecular complexity index is 1080. The summed E-state index contributed by atoms with van der Waals surface area (Å²) in [5.74, 6) is 0.385. The van der Waals surface area contributed by atoms with Gasteiger partial charge in [-0.15, -0.1) is 0 Å².